The number of carbonyl (C=O) groups is 1. The minimum absolute atomic E-state index is 0.00362. The Balaban J connectivity index is 2.37. The van der Waals surface area contributed by atoms with Crippen LogP contribution in [0.2, 0.25) is 0 Å². The molecule has 0 fully saturated rings. The van der Waals surface area contributed by atoms with Crippen LogP contribution in [0.15, 0.2) is 36.4 Å². The van der Waals surface area contributed by atoms with Gasteiger partial charge in [0.1, 0.15) is 10.5 Å². The Morgan fingerprint density at radius 2 is 1.85 bits per heavy atom. The van der Waals surface area contributed by atoms with Crippen molar-refractivity contribution in [2.45, 2.75) is 25.1 Å². The number of methoxy groups -OCH3 is 1. The molecule has 138 valence electrons. The van der Waals surface area contributed by atoms with E-state index in [0.717, 1.165) is 33.8 Å². The summed E-state index contributed by atoms with van der Waals surface area (Å²) in [4.78, 5) is 12.8. The quantitative estimate of drug-likeness (QED) is 0.363. The number of aliphatic carboxylic acids is 1. The van der Waals surface area contributed by atoms with Gasteiger partial charge in [0.2, 0.25) is 0 Å². The number of amidine groups is 2. The second-order valence-electron chi connectivity index (χ2n) is 6.07. The van der Waals surface area contributed by atoms with E-state index < -0.39 is 10.7 Å². The lowest BCUT2D eigenvalue weighted by Crippen LogP contribution is -2.36. The molecule has 0 heterocycles. The fourth-order valence-electron chi connectivity index (χ4n) is 2.39. The van der Waals surface area contributed by atoms with E-state index in [-0.39, 0.29) is 16.5 Å². The van der Waals surface area contributed by atoms with Gasteiger partial charge < -0.3 is 9.84 Å². The number of ether oxygens (including phenoxy) is 1. The first kappa shape index (κ1) is 20.3. The highest BCUT2D eigenvalue weighted by Gasteiger charge is 2.32. The summed E-state index contributed by atoms with van der Waals surface area (Å²) in [5, 5.41) is 27.4. The highest BCUT2D eigenvalue weighted by molar-refractivity contribution is 9.18. The first-order valence-electron chi connectivity index (χ1n) is 7.74. The van der Waals surface area contributed by atoms with Gasteiger partial charge in [0, 0.05) is 5.39 Å². The fourth-order valence-corrected chi connectivity index (χ4v) is 3.65. The van der Waals surface area contributed by atoms with Gasteiger partial charge in [0.25, 0.3) is 0 Å². The summed E-state index contributed by atoms with van der Waals surface area (Å²) in [5.41, 5.74) is 0.907. The molecule has 8 heteroatoms. The summed E-state index contributed by atoms with van der Waals surface area (Å²) in [6.07, 6.45) is 0. The highest BCUT2D eigenvalue weighted by atomic mass is 79.9. The Hall–Kier alpha value is -2.06. The van der Waals surface area contributed by atoms with Gasteiger partial charge in [-0.15, -0.1) is 0 Å². The minimum atomic E-state index is -1.17. The van der Waals surface area contributed by atoms with Crippen LogP contribution in [0.1, 0.15) is 19.4 Å². The van der Waals surface area contributed by atoms with Crippen LogP contribution in [-0.4, -0.2) is 37.7 Å². The molecule has 0 aliphatic heterocycles. The molecule has 0 aliphatic rings. The van der Waals surface area contributed by atoms with Crippen LogP contribution < -0.4 is 4.74 Å². The number of halogens is 1. The zero-order chi connectivity index (χ0) is 19.5. The van der Waals surface area contributed by atoms with Gasteiger partial charge in [-0.3, -0.25) is 20.5 Å². The van der Waals surface area contributed by atoms with Crippen LogP contribution in [0.3, 0.4) is 0 Å². The summed E-state index contributed by atoms with van der Waals surface area (Å²) in [5.74, 6) is -0.260. The molecule has 2 rings (SSSR count). The zero-order valence-electron chi connectivity index (χ0n) is 14.7. The number of hydrogen-bond donors (Lipinski definition) is 3. The molecule has 0 amide bonds. The lowest BCUT2D eigenvalue weighted by atomic mass is 10.0. The van der Waals surface area contributed by atoms with E-state index in [9.17, 15) is 9.90 Å². The average Bonchev–Trinajstić information content (AvgIpc) is 2.58. The predicted octanol–water partition coefficient (Wildman–Crippen LogP) is 4.51. The summed E-state index contributed by atoms with van der Waals surface area (Å²) in [6, 6.07) is 11.5. The van der Waals surface area contributed by atoms with E-state index in [0.29, 0.717) is 0 Å². The topological polar surface area (TPSA) is 97.5 Å². The van der Waals surface area contributed by atoms with Crippen molar-refractivity contribution in [3.63, 3.8) is 0 Å². The summed E-state index contributed by atoms with van der Waals surface area (Å²) >= 11 is 4.01. The minimum Gasteiger partial charge on any atom is -0.496 e. The molecule has 0 bridgehead atoms. The molecule has 0 radical (unpaired) electrons. The molecule has 0 saturated carbocycles. The summed E-state index contributed by atoms with van der Waals surface area (Å²) in [6.45, 7) is 3.33. The first-order valence-corrected chi connectivity index (χ1v) is 9.35. The lowest BCUT2D eigenvalue weighted by Gasteiger charge is -2.27. The van der Waals surface area contributed by atoms with Gasteiger partial charge >= 0.3 is 5.97 Å². The number of hydrogen-bond acceptors (Lipinski definition) is 5. The maximum absolute atomic E-state index is 11.3. The normalized spacial score (nSPS) is 11.2. The van der Waals surface area contributed by atoms with E-state index in [2.05, 4.69) is 15.9 Å². The van der Waals surface area contributed by atoms with Crippen molar-refractivity contribution in [1.82, 2.24) is 4.90 Å². The molecule has 0 aromatic heterocycles. The van der Waals surface area contributed by atoms with Crippen LogP contribution in [0.5, 0.6) is 5.75 Å². The summed E-state index contributed by atoms with van der Waals surface area (Å²) < 4.78 is 4.23. The third kappa shape index (κ3) is 4.37. The SMILES string of the molecule is COc1ccc(CN(C(=N)Br)C(=N)SC(C)(C)C(=O)O)c2ccccc12. The molecule has 0 spiro atoms. The van der Waals surface area contributed by atoms with E-state index >= 15 is 0 Å². The second kappa shape index (κ2) is 8.09. The zero-order valence-corrected chi connectivity index (χ0v) is 17.1. The van der Waals surface area contributed by atoms with Crippen molar-refractivity contribution in [2.75, 3.05) is 7.11 Å². The molecule has 0 atom stereocenters. The Morgan fingerprint density at radius 1 is 1.23 bits per heavy atom. The van der Waals surface area contributed by atoms with Crippen LogP contribution >= 0.6 is 27.7 Å². The van der Waals surface area contributed by atoms with E-state index in [1.54, 1.807) is 7.11 Å². The van der Waals surface area contributed by atoms with Gasteiger partial charge in [-0.25, -0.2) is 0 Å². The van der Waals surface area contributed by atoms with Crippen molar-refractivity contribution in [1.29, 1.82) is 10.8 Å². The number of nitrogens with one attached hydrogen (secondary N) is 2. The third-order valence-electron chi connectivity index (χ3n) is 3.87. The van der Waals surface area contributed by atoms with Crippen molar-refractivity contribution in [3.05, 3.63) is 42.0 Å². The third-order valence-corrected chi connectivity index (χ3v) is 5.40. The molecule has 0 unspecified atom stereocenters. The van der Waals surface area contributed by atoms with Crippen molar-refractivity contribution in [2.24, 2.45) is 0 Å². The Kier molecular flexibility index (Phi) is 6.30. The lowest BCUT2D eigenvalue weighted by molar-refractivity contribution is -0.138. The number of rotatable bonds is 5. The number of fused-ring (bicyclic) bond motifs is 1. The number of benzene rings is 2. The molecule has 0 aliphatic carbocycles. The molecule has 3 N–H and O–H groups in total. The number of thioether (sulfide) groups is 1. The maximum Gasteiger partial charge on any atom is 0.319 e. The Labute approximate surface area is 164 Å². The van der Waals surface area contributed by atoms with Gasteiger partial charge in [-0.1, -0.05) is 42.1 Å². The van der Waals surface area contributed by atoms with E-state index in [1.807, 2.05) is 36.4 Å². The van der Waals surface area contributed by atoms with Gasteiger partial charge in [0.15, 0.2) is 9.91 Å². The van der Waals surface area contributed by atoms with Crippen LogP contribution in [0, 0.1) is 10.8 Å². The van der Waals surface area contributed by atoms with Crippen molar-refractivity contribution < 1.29 is 14.6 Å². The molecule has 2 aromatic carbocycles. The highest BCUT2D eigenvalue weighted by Crippen LogP contribution is 2.31. The maximum atomic E-state index is 11.3. The van der Waals surface area contributed by atoms with Crippen molar-refractivity contribution >= 4 is 54.3 Å². The molecule has 0 saturated heterocycles. The monoisotopic (exact) mass is 437 g/mol. The molecular formula is C18H20BrN3O3S. The number of carboxylic acid groups (broad SMARTS) is 1. The second-order valence-corrected chi connectivity index (χ2v) is 8.43. The number of carboxylic acids is 1. The van der Waals surface area contributed by atoms with Crippen LogP contribution in [-0.2, 0) is 11.3 Å². The smallest absolute Gasteiger partial charge is 0.319 e. The van der Waals surface area contributed by atoms with E-state index in [4.69, 9.17) is 15.6 Å². The summed E-state index contributed by atoms with van der Waals surface area (Å²) in [7, 11) is 1.61. The van der Waals surface area contributed by atoms with Crippen molar-refractivity contribution in [3.8, 4) is 5.75 Å². The van der Waals surface area contributed by atoms with Gasteiger partial charge in [0.05, 0.1) is 13.7 Å². The number of nitrogens with zero attached hydrogens (tertiary/aromatic N) is 1. The van der Waals surface area contributed by atoms with Gasteiger partial charge in [-0.05, 0) is 46.8 Å². The molecular weight excluding hydrogens is 418 g/mol. The molecule has 2 aromatic rings. The van der Waals surface area contributed by atoms with Crippen LogP contribution in [0.4, 0.5) is 0 Å². The largest absolute Gasteiger partial charge is 0.496 e. The predicted molar refractivity (Wildman–Crippen MR) is 110 cm³/mol. The van der Waals surface area contributed by atoms with Gasteiger partial charge in [-0.2, -0.15) is 0 Å². The average molecular weight is 438 g/mol. The molecule has 6 nitrogen and oxygen atoms in total. The fraction of sp³-hybridized carbons (Fsp3) is 0.278. The van der Waals surface area contributed by atoms with Crippen LogP contribution in [0.25, 0.3) is 10.8 Å². The molecule has 26 heavy (non-hydrogen) atoms. The Bertz CT molecular complexity index is 870. The van der Waals surface area contributed by atoms with E-state index in [1.165, 1.54) is 18.7 Å². The Morgan fingerprint density at radius 3 is 2.38 bits per heavy atom. The first-order chi connectivity index (χ1) is 12.2. The standard InChI is InChI=1S/C18H20BrN3O3S/c1-18(2,15(23)24)26-17(21)22(16(19)20)10-11-8-9-14(25-3)13-7-5-4-6-12(11)13/h4-9,20-21H,10H2,1-3H3,(H,23,24).